The number of thiophene rings is 1. The first-order chi connectivity index (χ1) is 14.2. The first kappa shape index (κ1) is 20.4. The zero-order chi connectivity index (χ0) is 21.5. The smallest absolute Gasteiger partial charge is 0.416 e. The fraction of sp³-hybridized carbons (Fsp3) is 0.238. The Labute approximate surface area is 173 Å². The van der Waals surface area contributed by atoms with Crippen LogP contribution >= 0.6 is 11.3 Å². The second-order valence-corrected chi connectivity index (χ2v) is 7.90. The predicted molar refractivity (Wildman–Crippen MR) is 109 cm³/mol. The van der Waals surface area contributed by atoms with Crippen molar-refractivity contribution in [2.45, 2.75) is 25.7 Å². The number of aromatic amines is 1. The van der Waals surface area contributed by atoms with Crippen molar-refractivity contribution in [3.8, 4) is 11.3 Å². The van der Waals surface area contributed by atoms with Crippen LogP contribution < -0.4 is 5.56 Å². The van der Waals surface area contributed by atoms with E-state index in [0.29, 0.717) is 33.9 Å². The Balaban J connectivity index is 1.57. The van der Waals surface area contributed by atoms with Gasteiger partial charge in [-0.15, -0.1) is 11.3 Å². The van der Waals surface area contributed by atoms with Crippen molar-refractivity contribution in [1.82, 2.24) is 14.9 Å². The van der Waals surface area contributed by atoms with E-state index in [1.807, 2.05) is 24.3 Å². The lowest BCUT2D eigenvalue weighted by Crippen LogP contribution is -2.25. The molecule has 156 valence electrons. The fourth-order valence-electron chi connectivity index (χ4n) is 3.21. The lowest BCUT2D eigenvalue weighted by molar-refractivity contribution is -0.137. The molecule has 0 aliphatic heterocycles. The molecule has 4 rings (SSSR count). The second-order valence-electron chi connectivity index (χ2n) is 7.04. The van der Waals surface area contributed by atoms with E-state index in [0.717, 1.165) is 17.7 Å². The minimum absolute atomic E-state index is 0.251. The molecule has 9 heteroatoms. The highest BCUT2D eigenvalue weighted by Crippen LogP contribution is 2.32. The van der Waals surface area contributed by atoms with Crippen LogP contribution in [0, 0.1) is 0 Å². The number of hydrogen-bond donors (Lipinski definition) is 1. The minimum atomic E-state index is -4.36. The molecule has 3 heterocycles. The van der Waals surface area contributed by atoms with Crippen LogP contribution in [-0.4, -0.2) is 21.9 Å². The topological polar surface area (TPSA) is 62.1 Å². The number of rotatable bonds is 5. The first-order valence-corrected chi connectivity index (χ1v) is 10.0. The zero-order valence-corrected chi connectivity index (χ0v) is 17.0. The lowest BCUT2D eigenvalue weighted by atomic mass is 10.1. The minimum Gasteiger partial charge on any atom is -0.464 e. The number of fused-ring (bicyclic) bond motifs is 1. The van der Waals surface area contributed by atoms with E-state index < -0.39 is 11.7 Å². The van der Waals surface area contributed by atoms with Gasteiger partial charge in [-0.25, -0.2) is 4.98 Å². The largest absolute Gasteiger partial charge is 0.464 e. The maximum atomic E-state index is 12.7. The van der Waals surface area contributed by atoms with Crippen LogP contribution in [0.4, 0.5) is 13.2 Å². The summed E-state index contributed by atoms with van der Waals surface area (Å²) in [5.74, 6) is 1.10. The number of nitrogens with zero attached hydrogens (tertiary/aromatic N) is 2. The van der Waals surface area contributed by atoms with Crippen LogP contribution in [0.3, 0.4) is 0 Å². The van der Waals surface area contributed by atoms with Gasteiger partial charge < -0.3 is 9.40 Å². The highest BCUT2D eigenvalue weighted by molar-refractivity contribution is 7.17. The molecule has 0 bridgehead atoms. The Morgan fingerprint density at radius 2 is 1.97 bits per heavy atom. The molecule has 0 aliphatic rings. The number of hydrogen-bond acceptors (Lipinski definition) is 5. The number of furan rings is 1. The van der Waals surface area contributed by atoms with Crippen molar-refractivity contribution in [2.75, 3.05) is 7.05 Å². The van der Waals surface area contributed by atoms with Crippen LogP contribution in [0.25, 0.3) is 21.5 Å². The molecule has 0 amide bonds. The van der Waals surface area contributed by atoms with Gasteiger partial charge in [0.05, 0.1) is 23.3 Å². The van der Waals surface area contributed by atoms with Crippen LogP contribution in [0.15, 0.2) is 57.3 Å². The van der Waals surface area contributed by atoms with E-state index in [-0.39, 0.29) is 11.6 Å². The summed E-state index contributed by atoms with van der Waals surface area (Å²) >= 11 is 1.36. The van der Waals surface area contributed by atoms with Crippen molar-refractivity contribution in [3.05, 3.63) is 75.3 Å². The molecule has 0 radical (unpaired) electrons. The third-order valence-corrected chi connectivity index (χ3v) is 5.89. The number of H-pyrrole nitrogens is 1. The average molecular weight is 433 g/mol. The Bertz CT molecular complexity index is 1210. The summed E-state index contributed by atoms with van der Waals surface area (Å²) in [7, 11) is 1.83. The molecule has 0 saturated heterocycles. The highest BCUT2D eigenvalue weighted by atomic mass is 32.1. The van der Waals surface area contributed by atoms with Gasteiger partial charge in [-0.2, -0.15) is 13.2 Å². The van der Waals surface area contributed by atoms with E-state index in [9.17, 15) is 18.0 Å². The second kappa shape index (κ2) is 7.73. The Morgan fingerprint density at radius 1 is 1.23 bits per heavy atom. The molecule has 3 aromatic heterocycles. The fourth-order valence-corrected chi connectivity index (χ4v) is 4.14. The maximum Gasteiger partial charge on any atom is 0.416 e. The van der Waals surface area contributed by atoms with Gasteiger partial charge in [-0.05, 0) is 43.8 Å². The van der Waals surface area contributed by atoms with Crippen LogP contribution in [-0.2, 0) is 12.7 Å². The third-order valence-electron chi connectivity index (χ3n) is 5.02. The summed E-state index contributed by atoms with van der Waals surface area (Å²) in [6.07, 6.45) is -2.81. The number of benzene rings is 1. The SMILES string of the molecule is CC(c1nc2scc(-c3ccco3)c2c(=O)[nH]1)N(C)Cc1ccc(C(F)(F)F)cc1. The summed E-state index contributed by atoms with van der Waals surface area (Å²) in [6, 6.07) is 8.35. The standard InChI is InChI=1S/C21H18F3N3O2S/c1-12(27(2)10-13-5-7-14(8-6-13)21(22,23)24)18-25-19(28)17-15(11-30-20(17)26-18)16-4-3-9-29-16/h3-9,11-12H,10H2,1-2H3,(H,25,26,28). The lowest BCUT2D eigenvalue weighted by Gasteiger charge is -2.24. The van der Waals surface area contributed by atoms with Crippen LogP contribution in [0.5, 0.6) is 0 Å². The van der Waals surface area contributed by atoms with Gasteiger partial charge in [0.2, 0.25) is 0 Å². The van der Waals surface area contributed by atoms with Crippen molar-refractivity contribution in [2.24, 2.45) is 0 Å². The van der Waals surface area contributed by atoms with Crippen molar-refractivity contribution in [3.63, 3.8) is 0 Å². The van der Waals surface area contributed by atoms with Crippen LogP contribution in [0.1, 0.15) is 29.9 Å². The van der Waals surface area contributed by atoms with E-state index in [1.54, 1.807) is 18.4 Å². The highest BCUT2D eigenvalue weighted by Gasteiger charge is 2.30. The van der Waals surface area contributed by atoms with Gasteiger partial charge in [0.1, 0.15) is 16.4 Å². The van der Waals surface area contributed by atoms with Gasteiger partial charge in [0.25, 0.3) is 5.56 Å². The normalized spacial score (nSPS) is 13.3. The van der Waals surface area contributed by atoms with E-state index in [4.69, 9.17) is 4.42 Å². The predicted octanol–water partition coefficient (Wildman–Crippen LogP) is 5.46. The molecule has 1 N–H and O–H groups in total. The molecule has 1 aromatic carbocycles. The number of halogens is 3. The molecular weight excluding hydrogens is 415 g/mol. The third kappa shape index (κ3) is 3.90. The summed E-state index contributed by atoms with van der Waals surface area (Å²) in [4.78, 5) is 22.7. The number of aromatic nitrogens is 2. The summed E-state index contributed by atoms with van der Waals surface area (Å²) in [5, 5.41) is 2.32. The maximum absolute atomic E-state index is 12.7. The number of nitrogens with one attached hydrogen (secondary N) is 1. The zero-order valence-electron chi connectivity index (χ0n) is 16.2. The molecule has 0 fully saturated rings. The molecule has 1 atom stereocenters. The van der Waals surface area contributed by atoms with Crippen molar-refractivity contribution < 1.29 is 17.6 Å². The van der Waals surface area contributed by atoms with E-state index in [2.05, 4.69) is 9.97 Å². The first-order valence-electron chi connectivity index (χ1n) is 9.15. The van der Waals surface area contributed by atoms with Gasteiger partial charge in [0.15, 0.2) is 0 Å². The van der Waals surface area contributed by atoms with Crippen LogP contribution in [0.2, 0.25) is 0 Å². The van der Waals surface area contributed by atoms with E-state index in [1.165, 1.54) is 23.5 Å². The monoisotopic (exact) mass is 433 g/mol. The Kier molecular flexibility index (Phi) is 5.25. The van der Waals surface area contributed by atoms with Crippen molar-refractivity contribution >= 4 is 21.6 Å². The molecule has 0 spiro atoms. The van der Waals surface area contributed by atoms with E-state index >= 15 is 0 Å². The van der Waals surface area contributed by atoms with Gasteiger partial charge in [-0.3, -0.25) is 9.69 Å². The van der Waals surface area contributed by atoms with Gasteiger partial charge in [-0.1, -0.05) is 12.1 Å². The van der Waals surface area contributed by atoms with Gasteiger partial charge >= 0.3 is 6.18 Å². The molecule has 1 unspecified atom stereocenters. The molecule has 5 nitrogen and oxygen atoms in total. The Hall–Kier alpha value is -2.91. The average Bonchev–Trinajstić information content (AvgIpc) is 3.36. The molecular formula is C21H18F3N3O2S. The summed E-state index contributed by atoms with van der Waals surface area (Å²) in [5.41, 5.74) is 0.504. The summed E-state index contributed by atoms with van der Waals surface area (Å²) < 4.78 is 43.6. The molecule has 4 aromatic rings. The quantitative estimate of drug-likeness (QED) is 0.454. The van der Waals surface area contributed by atoms with Crippen molar-refractivity contribution in [1.29, 1.82) is 0 Å². The molecule has 0 saturated carbocycles. The molecule has 30 heavy (non-hydrogen) atoms. The number of alkyl halides is 3. The summed E-state index contributed by atoms with van der Waals surface area (Å²) in [6.45, 7) is 2.29. The van der Waals surface area contributed by atoms with Gasteiger partial charge in [0, 0.05) is 17.5 Å². The molecule has 0 aliphatic carbocycles. The Morgan fingerprint density at radius 3 is 2.60 bits per heavy atom.